The lowest BCUT2D eigenvalue weighted by molar-refractivity contribution is 0.162. The lowest BCUT2D eigenvalue weighted by Gasteiger charge is -2.16. The highest BCUT2D eigenvalue weighted by atomic mass is 16.5. The molecule has 0 saturated heterocycles. The number of methoxy groups -OCH3 is 1. The zero-order valence-corrected chi connectivity index (χ0v) is 8.31. The summed E-state index contributed by atoms with van der Waals surface area (Å²) in [4.78, 5) is 4.08. The Morgan fingerprint density at radius 1 is 1.50 bits per heavy atom. The van der Waals surface area contributed by atoms with E-state index >= 15 is 0 Å². The summed E-state index contributed by atoms with van der Waals surface area (Å²) in [6, 6.07) is 1.85. The van der Waals surface area contributed by atoms with Crippen LogP contribution in [0.3, 0.4) is 0 Å². The van der Waals surface area contributed by atoms with Crippen molar-refractivity contribution in [2.24, 2.45) is 0 Å². The summed E-state index contributed by atoms with van der Waals surface area (Å²) in [5, 5.41) is 9.78. The molecule has 2 atom stereocenters. The largest absolute Gasteiger partial charge is 0.496 e. The summed E-state index contributed by atoms with van der Waals surface area (Å²) in [5.74, 6) is 1.05. The summed E-state index contributed by atoms with van der Waals surface area (Å²) in [7, 11) is 1.65. The smallest absolute Gasteiger partial charge is 0.125 e. The fraction of sp³-hybridized carbons (Fsp3) is 0.545. The van der Waals surface area contributed by atoms with E-state index in [1.165, 1.54) is 0 Å². The Morgan fingerprint density at radius 3 is 3.00 bits per heavy atom. The first-order valence-electron chi connectivity index (χ1n) is 4.99. The number of hydrogen-bond donors (Lipinski definition) is 1. The molecule has 1 aromatic heterocycles. The van der Waals surface area contributed by atoms with Crippen LogP contribution in [-0.2, 0) is 0 Å². The SMILES string of the molecule is COc1ccncc1C1CCCC1O. The van der Waals surface area contributed by atoms with Crippen molar-refractivity contribution in [3.8, 4) is 5.75 Å². The quantitative estimate of drug-likeness (QED) is 0.777. The van der Waals surface area contributed by atoms with E-state index < -0.39 is 0 Å². The number of ether oxygens (including phenoxy) is 1. The van der Waals surface area contributed by atoms with E-state index in [1.807, 2.05) is 6.07 Å². The molecule has 0 aromatic carbocycles. The molecule has 0 amide bonds. The number of hydrogen-bond acceptors (Lipinski definition) is 3. The molecular weight excluding hydrogens is 178 g/mol. The molecule has 76 valence electrons. The van der Waals surface area contributed by atoms with Gasteiger partial charge in [-0.25, -0.2) is 0 Å². The lowest BCUT2D eigenvalue weighted by Crippen LogP contribution is -2.12. The van der Waals surface area contributed by atoms with E-state index in [1.54, 1.807) is 19.5 Å². The zero-order chi connectivity index (χ0) is 9.97. The van der Waals surface area contributed by atoms with Gasteiger partial charge in [-0.1, -0.05) is 6.42 Å². The molecule has 0 aliphatic heterocycles. The van der Waals surface area contributed by atoms with Crippen molar-refractivity contribution in [1.82, 2.24) is 4.98 Å². The Balaban J connectivity index is 2.30. The van der Waals surface area contributed by atoms with E-state index in [0.29, 0.717) is 0 Å². The van der Waals surface area contributed by atoms with Gasteiger partial charge in [-0.15, -0.1) is 0 Å². The summed E-state index contributed by atoms with van der Waals surface area (Å²) < 4.78 is 5.25. The molecule has 0 spiro atoms. The topological polar surface area (TPSA) is 42.4 Å². The fourth-order valence-electron chi connectivity index (χ4n) is 2.16. The molecule has 3 heteroatoms. The van der Waals surface area contributed by atoms with Crippen LogP contribution in [0.1, 0.15) is 30.7 Å². The molecule has 1 aliphatic rings. The van der Waals surface area contributed by atoms with Crippen LogP contribution < -0.4 is 4.74 Å². The van der Waals surface area contributed by atoms with Crippen LogP contribution in [-0.4, -0.2) is 23.3 Å². The number of pyridine rings is 1. The lowest BCUT2D eigenvalue weighted by atomic mass is 9.97. The maximum absolute atomic E-state index is 9.78. The van der Waals surface area contributed by atoms with Gasteiger partial charge in [-0.3, -0.25) is 4.98 Å². The predicted molar refractivity (Wildman–Crippen MR) is 53.4 cm³/mol. The van der Waals surface area contributed by atoms with E-state index in [-0.39, 0.29) is 12.0 Å². The molecule has 1 N–H and O–H groups in total. The Morgan fingerprint density at radius 2 is 2.36 bits per heavy atom. The average Bonchev–Trinajstić information content (AvgIpc) is 2.64. The van der Waals surface area contributed by atoms with Crippen molar-refractivity contribution < 1.29 is 9.84 Å². The third-order valence-electron chi connectivity index (χ3n) is 2.91. The highest BCUT2D eigenvalue weighted by molar-refractivity contribution is 5.34. The number of nitrogens with zero attached hydrogens (tertiary/aromatic N) is 1. The molecule has 1 heterocycles. The Kier molecular flexibility index (Phi) is 2.68. The molecule has 0 bridgehead atoms. The first-order valence-corrected chi connectivity index (χ1v) is 4.99. The summed E-state index contributed by atoms with van der Waals surface area (Å²) >= 11 is 0. The van der Waals surface area contributed by atoms with Crippen molar-refractivity contribution in [3.63, 3.8) is 0 Å². The second kappa shape index (κ2) is 3.96. The molecule has 1 aliphatic carbocycles. The van der Waals surface area contributed by atoms with Gasteiger partial charge in [0.25, 0.3) is 0 Å². The van der Waals surface area contributed by atoms with Gasteiger partial charge in [0.15, 0.2) is 0 Å². The first-order chi connectivity index (χ1) is 6.83. The second-order valence-corrected chi connectivity index (χ2v) is 3.72. The van der Waals surface area contributed by atoms with Crippen LogP contribution >= 0.6 is 0 Å². The highest BCUT2D eigenvalue weighted by Gasteiger charge is 2.28. The highest BCUT2D eigenvalue weighted by Crippen LogP contribution is 2.38. The van der Waals surface area contributed by atoms with Crippen molar-refractivity contribution in [1.29, 1.82) is 0 Å². The fourth-order valence-corrected chi connectivity index (χ4v) is 2.16. The second-order valence-electron chi connectivity index (χ2n) is 3.72. The molecular formula is C11H15NO2. The Bertz CT molecular complexity index is 314. The van der Waals surface area contributed by atoms with Gasteiger partial charge in [0, 0.05) is 23.9 Å². The third-order valence-corrected chi connectivity index (χ3v) is 2.91. The van der Waals surface area contributed by atoms with E-state index in [2.05, 4.69) is 4.98 Å². The maximum atomic E-state index is 9.78. The first kappa shape index (κ1) is 9.46. The Labute approximate surface area is 83.7 Å². The number of aliphatic hydroxyl groups is 1. The minimum atomic E-state index is -0.229. The minimum Gasteiger partial charge on any atom is -0.496 e. The summed E-state index contributed by atoms with van der Waals surface area (Å²) in [6.07, 6.45) is 6.30. The van der Waals surface area contributed by atoms with Gasteiger partial charge in [0.1, 0.15) is 5.75 Å². The van der Waals surface area contributed by atoms with Crippen molar-refractivity contribution in [2.45, 2.75) is 31.3 Å². The standard InChI is InChI=1S/C11H15NO2/c1-14-11-5-6-12-7-9(11)8-3-2-4-10(8)13/h5-8,10,13H,2-4H2,1H3. The molecule has 3 nitrogen and oxygen atoms in total. The van der Waals surface area contributed by atoms with Crippen LogP contribution in [0.4, 0.5) is 0 Å². The minimum absolute atomic E-state index is 0.207. The van der Waals surface area contributed by atoms with Gasteiger partial charge >= 0.3 is 0 Å². The molecule has 1 saturated carbocycles. The van der Waals surface area contributed by atoms with Crippen LogP contribution in [0.25, 0.3) is 0 Å². The normalized spacial score (nSPS) is 26.4. The summed E-state index contributed by atoms with van der Waals surface area (Å²) in [6.45, 7) is 0. The monoisotopic (exact) mass is 193 g/mol. The van der Waals surface area contributed by atoms with Crippen LogP contribution in [0.15, 0.2) is 18.5 Å². The maximum Gasteiger partial charge on any atom is 0.125 e. The van der Waals surface area contributed by atoms with Gasteiger partial charge in [0.2, 0.25) is 0 Å². The number of aromatic nitrogens is 1. The third kappa shape index (κ3) is 1.60. The van der Waals surface area contributed by atoms with Crippen molar-refractivity contribution >= 4 is 0 Å². The zero-order valence-electron chi connectivity index (χ0n) is 8.31. The van der Waals surface area contributed by atoms with Crippen LogP contribution in [0.2, 0.25) is 0 Å². The Hall–Kier alpha value is -1.09. The van der Waals surface area contributed by atoms with Gasteiger partial charge in [0.05, 0.1) is 13.2 Å². The van der Waals surface area contributed by atoms with E-state index in [0.717, 1.165) is 30.6 Å². The van der Waals surface area contributed by atoms with Gasteiger partial charge in [-0.2, -0.15) is 0 Å². The molecule has 1 aromatic rings. The van der Waals surface area contributed by atoms with Crippen molar-refractivity contribution in [3.05, 3.63) is 24.0 Å². The van der Waals surface area contributed by atoms with E-state index in [4.69, 9.17) is 4.74 Å². The predicted octanol–water partition coefficient (Wildman–Crippen LogP) is 1.72. The van der Waals surface area contributed by atoms with Crippen LogP contribution in [0.5, 0.6) is 5.75 Å². The molecule has 14 heavy (non-hydrogen) atoms. The van der Waals surface area contributed by atoms with Crippen LogP contribution in [0, 0.1) is 0 Å². The van der Waals surface area contributed by atoms with E-state index in [9.17, 15) is 5.11 Å². The number of aliphatic hydroxyl groups excluding tert-OH is 1. The van der Waals surface area contributed by atoms with Crippen molar-refractivity contribution in [2.75, 3.05) is 7.11 Å². The van der Waals surface area contributed by atoms with Gasteiger partial charge < -0.3 is 9.84 Å². The van der Waals surface area contributed by atoms with Gasteiger partial charge in [-0.05, 0) is 18.9 Å². The summed E-state index contributed by atoms with van der Waals surface area (Å²) in [5.41, 5.74) is 1.04. The molecule has 2 unspecified atom stereocenters. The molecule has 1 fully saturated rings. The number of rotatable bonds is 2. The average molecular weight is 193 g/mol. The molecule has 0 radical (unpaired) electrons. The molecule has 2 rings (SSSR count).